The lowest BCUT2D eigenvalue weighted by molar-refractivity contribution is -0.120. The highest BCUT2D eigenvalue weighted by molar-refractivity contribution is 5.81. The maximum Gasteiger partial charge on any atom is 0.239 e. The van der Waals surface area contributed by atoms with Crippen LogP contribution in [0.2, 0.25) is 0 Å². The summed E-state index contributed by atoms with van der Waals surface area (Å²) in [5.74, 6) is 2.30. The van der Waals surface area contributed by atoms with Gasteiger partial charge in [0.1, 0.15) is 17.5 Å². The number of hydrogen-bond donors (Lipinski definition) is 3. The molecule has 0 bridgehead atoms. The van der Waals surface area contributed by atoms with Crippen molar-refractivity contribution in [2.45, 2.75) is 46.1 Å². The number of anilines is 2. The quantitative estimate of drug-likeness (QED) is 0.768. The molecule has 3 N–H and O–H groups in total. The third kappa shape index (κ3) is 5.42. The fourth-order valence-corrected chi connectivity index (χ4v) is 1.58. The zero-order valence-electron chi connectivity index (χ0n) is 13.2. The summed E-state index contributed by atoms with van der Waals surface area (Å²) in [6.45, 7) is 10.1. The summed E-state index contributed by atoms with van der Waals surface area (Å²) < 4.78 is 0. The summed E-state index contributed by atoms with van der Waals surface area (Å²) >= 11 is 0. The highest BCUT2D eigenvalue weighted by atomic mass is 16.2. The predicted octanol–water partition coefficient (Wildman–Crippen LogP) is 1.97. The van der Waals surface area contributed by atoms with Crippen molar-refractivity contribution in [3.8, 4) is 0 Å². The average molecular weight is 279 g/mol. The molecule has 0 saturated heterocycles. The molecule has 1 aromatic rings. The molecule has 0 spiro atoms. The van der Waals surface area contributed by atoms with Crippen LogP contribution in [0.25, 0.3) is 0 Å². The van der Waals surface area contributed by atoms with E-state index < -0.39 is 0 Å². The number of carbonyl (C=O) groups is 1. The van der Waals surface area contributed by atoms with E-state index in [1.165, 1.54) is 0 Å². The number of carbonyl (C=O) groups excluding carboxylic acids is 1. The molecule has 0 fully saturated rings. The van der Waals surface area contributed by atoms with E-state index in [0.717, 1.165) is 11.6 Å². The molecule has 112 valence electrons. The number of aromatic nitrogens is 2. The maximum absolute atomic E-state index is 11.8. The van der Waals surface area contributed by atoms with E-state index >= 15 is 0 Å². The lowest BCUT2D eigenvalue weighted by Gasteiger charge is -2.20. The third-order valence-corrected chi connectivity index (χ3v) is 2.46. The van der Waals surface area contributed by atoms with Crippen molar-refractivity contribution in [1.82, 2.24) is 15.3 Å². The first-order chi connectivity index (χ1) is 9.21. The molecule has 20 heavy (non-hydrogen) atoms. The summed E-state index contributed by atoms with van der Waals surface area (Å²) in [6, 6.07) is 1.79. The Bertz CT molecular complexity index is 465. The van der Waals surface area contributed by atoms with Crippen LogP contribution in [0.5, 0.6) is 0 Å². The predicted molar refractivity (Wildman–Crippen MR) is 82.1 cm³/mol. The van der Waals surface area contributed by atoms with Gasteiger partial charge in [0.2, 0.25) is 5.91 Å². The van der Waals surface area contributed by atoms with Gasteiger partial charge in [-0.05, 0) is 20.8 Å². The lowest BCUT2D eigenvalue weighted by Crippen LogP contribution is -2.43. The van der Waals surface area contributed by atoms with Crippen molar-refractivity contribution in [2.75, 3.05) is 24.2 Å². The summed E-state index contributed by atoms with van der Waals surface area (Å²) in [5.41, 5.74) is -0.232. The first-order valence-corrected chi connectivity index (χ1v) is 6.83. The van der Waals surface area contributed by atoms with Gasteiger partial charge in [-0.3, -0.25) is 4.79 Å². The molecular weight excluding hydrogens is 254 g/mol. The lowest BCUT2D eigenvalue weighted by atomic mass is 10.1. The number of hydrogen-bond acceptors (Lipinski definition) is 5. The maximum atomic E-state index is 11.8. The van der Waals surface area contributed by atoms with Gasteiger partial charge in [-0.1, -0.05) is 13.8 Å². The Morgan fingerprint density at radius 3 is 2.35 bits per heavy atom. The normalized spacial score (nSPS) is 11.3. The molecule has 1 rings (SSSR count). The Morgan fingerprint density at radius 1 is 1.25 bits per heavy atom. The fourth-order valence-electron chi connectivity index (χ4n) is 1.58. The van der Waals surface area contributed by atoms with E-state index in [2.05, 4.69) is 25.9 Å². The first kappa shape index (κ1) is 16.2. The third-order valence-electron chi connectivity index (χ3n) is 2.46. The van der Waals surface area contributed by atoms with Gasteiger partial charge in [-0.25, -0.2) is 9.97 Å². The van der Waals surface area contributed by atoms with E-state index in [1.807, 2.05) is 41.7 Å². The average Bonchev–Trinajstić information content (AvgIpc) is 2.33. The van der Waals surface area contributed by atoms with Gasteiger partial charge in [-0.15, -0.1) is 0 Å². The van der Waals surface area contributed by atoms with Crippen LogP contribution in [-0.2, 0) is 4.79 Å². The minimum atomic E-state index is -0.232. The molecule has 6 nitrogen and oxygen atoms in total. The number of rotatable bonds is 5. The number of amides is 1. The van der Waals surface area contributed by atoms with E-state index in [0.29, 0.717) is 5.82 Å². The molecule has 0 aromatic carbocycles. The molecule has 0 atom stereocenters. The highest BCUT2D eigenvalue weighted by Crippen LogP contribution is 2.16. The number of nitrogens with zero attached hydrogens (tertiary/aromatic N) is 2. The van der Waals surface area contributed by atoms with Gasteiger partial charge in [0.15, 0.2) is 0 Å². The molecule has 0 radical (unpaired) electrons. The zero-order chi connectivity index (χ0) is 15.3. The summed E-state index contributed by atoms with van der Waals surface area (Å²) in [7, 11) is 1.81. The van der Waals surface area contributed by atoms with Crippen LogP contribution < -0.4 is 16.0 Å². The van der Waals surface area contributed by atoms with Crippen molar-refractivity contribution in [3.63, 3.8) is 0 Å². The largest absolute Gasteiger partial charge is 0.373 e. The van der Waals surface area contributed by atoms with E-state index in [1.54, 1.807) is 6.07 Å². The van der Waals surface area contributed by atoms with E-state index in [9.17, 15) is 4.79 Å². The molecule has 6 heteroatoms. The van der Waals surface area contributed by atoms with Gasteiger partial charge in [0.25, 0.3) is 0 Å². The Hall–Kier alpha value is -1.85. The van der Waals surface area contributed by atoms with Crippen LogP contribution >= 0.6 is 0 Å². The SMILES string of the molecule is CNc1cc(NCC(=O)NC(C)(C)C)nc(C(C)C)n1. The molecular formula is C14H25N5O. The topological polar surface area (TPSA) is 78.9 Å². The molecule has 0 aliphatic carbocycles. The van der Waals surface area contributed by atoms with Crippen LogP contribution in [0.15, 0.2) is 6.07 Å². The summed E-state index contributed by atoms with van der Waals surface area (Å²) in [5, 5.41) is 8.93. The van der Waals surface area contributed by atoms with Crippen molar-refractivity contribution >= 4 is 17.5 Å². The van der Waals surface area contributed by atoms with Crippen LogP contribution in [0.1, 0.15) is 46.4 Å². The molecule has 1 heterocycles. The zero-order valence-corrected chi connectivity index (χ0v) is 13.2. The standard InChI is InChI=1S/C14H25N5O/c1-9(2)13-17-10(15-6)7-11(18-13)16-8-12(20)19-14(3,4)5/h7,9H,8H2,1-6H3,(H,19,20)(H2,15,16,17,18). The van der Waals surface area contributed by atoms with E-state index in [-0.39, 0.29) is 23.9 Å². The first-order valence-electron chi connectivity index (χ1n) is 6.83. The van der Waals surface area contributed by atoms with Crippen molar-refractivity contribution < 1.29 is 4.79 Å². The van der Waals surface area contributed by atoms with Gasteiger partial charge < -0.3 is 16.0 Å². The Balaban J connectivity index is 2.72. The van der Waals surface area contributed by atoms with Crippen LogP contribution in [-0.4, -0.2) is 35.0 Å². The Labute approximate surface area is 120 Å². The second-order valence-electron chi connectivity index (χ2n) is 6.05. The smallest absolute Gasteiger partial charge is 0.239 e. The molecule has 1 aromatic heterocycles. The molecule has 0 aliphatic heterocycles. The molecule has 1 amide bonds. The summed E-state index contributed by atoms with van der Waals surface area (Å²) in [6.07, 6.45) is 0. The van der Waals surface area contributed by atoms with Gasteiger partial charge >= 0.3 is 0 Å². The summed E-state index contributed by atoms with van der Waals surface area (Å²) in [4.78, 5) is 20.6. The van der Waals surface area contributed by atoms with Gasteiger partial charge in [-0.2, -0.15) is 0 Å². The van der Waals surface area contributed by atoms with E-state index in [4.69, 9.17) is 0 Å². The minimum Gasteiger partial charge on any atom is -0.373 e. The van der Waals surface area contributed by atoms with Gasteiger partial charge in [0.05, 0.1) is 6.54 Å². The Morgan fingerprint density at radius 2 is 1.85 bits per heavy atom. The Kier molecular flexibility index (Phi) is 5.30. The second-order valence-corrected chi connectivity index (χ2v) is 6.05. The highest BCUT2D eigenvalue weighted by Gasteiger charge is 2.14. The van der Waals surface area contributed by atoms with Crippen LogP contribution in [0.4, 0.5) is 11.6 Å². The monoisotopic (exact) mass is 279 g/mol. The minimum absolute atomic E-state index is 0.0618. The fraction of sp³-hybridized carbons (Fsp3) is 0.643. The van der Waals surface area contributed by atoms with Gasteiger partial charge in [0, 0.05) is 24.6 Å². The van der Waals surface area contributed by atoms with Crippen molar-refractivity contribution in [1.29, 1.82) is 0 Å². The molecule has 0 unspecified atom stereocenters. The van der Waals surface area contributed by atoms with Crippen molar-refractivity contribution in [3.05, 3.63) is 11.9 Å². The van der Waals surface area contributed by atoms with Crippen LogP contribution in [0, 0.1) is 0 Å². The second kappa shape index (κ2) is 6.54. The van der Waals surface area contributed by atoms with Crippen LogP contribution in [0.3, 0.4) is 0 Å². The molecule has 0 saturated carbocycles. The number of nitrogens with one attached hydrogen (secondary N) is 3. The molecule has 0 aliphatic rings. The van der Waals surface area contributed by atoms with Crippen molar-refractivity contribution in [2.24, 2.45) is 0 Å².